The Hall–Kier alpha value is -1.51. The molecule has 0 radical (unpaired) electrons. The van der Waals surface area contributed by atoms with Gasteiger partial charge < -0.3 is 0 Å². The molecule has 0 aliphatic carbocycles. The first-order valence-corrected chi connectivity index (χ1v) is 3.18. The van der Waals surface area contributed by atoms with Gasteiger partial charge in [0, 0.05) is 18.5 Å². The van der Waals surface area contributed by atoms with Gasteiger partial charge >= 0.3 is 0 Å². The Labute approximate surface area is 56.8 Å². The van der Waals surface area contributed by atoms with Gasteiger partial charge in [0.2, 0.25) is 0 Å². The Kier molecular flexibility index (Phi) is 0.502. The molecule has 0 spiro atoms. The molecule has 0 amide bonds. The first kappa shape index (κ1) is 4.33. The van der Waals surface area contributed by atoms with Crippen LogP contribution in [0.2, 0.25) is 0 Å². The molecule has 3 aromatic heterocycles. The minimum absolute atomic E-state index is 1.01. The molecule has 0 fully saturated rings. The molecule has 3 heterocycles. The lowest BCUT2D eigenvalue weighted by Gasteiger charge is -1.82. The summed E-state index contributed by atoms with van der Waals surface area (Å²) in [7, 11) is 0. The average molecular weight is 131 g/mol. The zero-order valence-electron chi connectivity index (χ0n) is 5.23. The third-order valence-corrected chi connectivity index (χ3v) is 1.80. The largest absolute Gasteiger partial charge is 0.262 e. The van der Waals surface area contributed by atoms with Gasteiger partial charge in [0.25, 0.3) is 0 Å². The number of nitrogens with zero attached hydrogens (tertiary/aromatic N) is 3. The van der Waals surface area contributed by atoms with E-state index < -0.39 is 0 Å². The summed E-state index contributed by atoms with van der Waals surface area (Å²) in [5.41, 5.74) is 2.17. The number of hydrogen-bond acceptors (Lipinski definition) is 1. The number of imidazole rings is 1. The fourth-order valence-electron chi connectivity index (χ4n) is 1.33. The van der Waals surface area contributed by atoms with Crippen LogP contribution in [0.5, 0.6) is 0 Å². The van der Waals surface area contributed by atoms with Crippen LogP contribution in [-0.2, 0) is 0 Å². The summed E-state index contributed by atoms with van der Waals surface area (Å²) in [5.74, 6) is 0. The van der Waals surface area contributed by atoms with Crippen molar-refractivity contribution in [1.29, 1.82) is 0 Å². The summed E-state index contributed by atoms with van der Waals surface area (Å²) >= 11 is 0. The molecule has 0 saturated heterocycles. The predicted molar refractivity (Wildman–Crippen MR) is 37.3 cm³/mol. The van der Waals surface area contributed by atoms with Crippen LogP contribution in [0.15, 0.2) is 30.7 Å². The smallest absolute Gasteiger partial charge is 0.154 e. The molecule has 0 aliphatic rings. The lowest BCUT2D eigenvalue weighted by molar-refractivity contribution is 0.898. The monoisotopic (exact) mass is 131 g/mol. The van der Waals surface area contributed by atoms with E-state index in [4.69, 9.17) is 0 Å². The van der Waals surface area contributed by atoms with Crippen molar-refractivity contribution in [3.05, 3.63) is 30.7 Å². The SMILES string of the molecule is c1cn2ccc3ncc1n32. The van der Waals surface area contributed by atoms with Crippen molar-refractivity contribution in [3.8, 4) is 0 Å². The normalized spacial score (nSPS) is 12.0. The lowest BCUT2D eigenvalue weighted by atomic mass is 10.6. The standard InChI is InChI=1S/C7H5N3/c1-3-9-4-2-7-8-5-6(1)10(7)9/h1-5H. The van der Waals surface area contributed by atoms with Gasteiger partial charge in [-0.1, -0.05) is 0 Å². The molecule has 10 heavy (non-hydrogen) atoms. The van der Waals surface area contributed by atoms with E-state index >= 15 is 0 Å². The summed E-state index contributed by atoms with van der Waals surface area (Å²) in [6.07, 6.45) is 5.88. The van der Waals surface area contributed by atoms with Crippen LogP contribution in [0.3, 0.4) is 0 Å². The number of rotatable bonds is 0. The van der Waals surface area contributed by atoms with E-state index in [2.05, 4.69) is 9.50 Å². The molecule has 0 bridgehead atoms. The first-order valence-electron chi connectivity index (χ1n) is 3.18. The second kappa shape index (κ2) is 1.16. The van der Waals surface area contributed by atoms with Crippen molar-refractivity contribution < 1.29 is 0 Å². The summed E-state index contributed by atoms with van der Waals surface area (Å²) in [6, 6.07) is 4.03. The lowest BCUT2D eigenvalue weighted by Crippen LogP contribution is -1.83. The summed E-state index contributed by atoms with van der Waals surface area (Å²) in [4.78, 5) is 4.18. The van der Waals surface area contributed by atoms with Crippen LogP contribution in [0.25, 0.3) is 11.2 Å². The van der Waals surface area contributed by atoms with Gasteiger partial charge in [-0.3, -0.25) is 4.52 Å². The molecule has 0 aromatic carbocycles. The number of aromatic nitrogens is 3. The molecule has 48 valence electrons. The highest BCUT2D eigenvalue weighted by Gasteiger charge is 2.01. The van der Waals surface area contributed by atoms with Crippen molar-refractivity contribution in [1.82, 2.24) is 14.0 Å². The van der Waals surface area contributed by atoms with Crippen molar-refractivity contribution in [2.24, 2.45) is 0 Å². The zero-order valence-corrected chi connectivity index (χ0v) is 5.23. The Morgan fingerprint density at radius 1 is 1.20 bits per heavy atom. The van der Waals surface area contributed by atoms with Gasteiger partial charge in [-0.25, -0.2) is 9.50 Å². The molecule has 0 atom stereocenters. The Balaban J connectivity index is 2.92. The minimum atomic E-state index is 1.01. The topological polar surface area (TPSA) is 21.7 Å². The van der Waals surface area contributed by atoms with E-state index in [0.29, 0.717) is 0 Å². The Bertz CT molecular complexity index is 361. The molecular formula is C7H5N3. The fourth-order valence-corrected chi connectivity index (χ4v) is 1.33. The zero-order chi connectivity index (χ0) is 6.55. The molecule has 3 nitrogen and oxygen atoms in total. The van der Waals surface area contributed by atoms with Gasteiger partial charge in [0.05, 0.1) is 11.7 Å². The molecule has 0 N–H and O–H groups in total. The predicted octanol–water partition coefficient (Wildman–Crippen LogP) is 1.02. The van der Waals surface area contributed by atoms with Gasteiger partial charge in [-0.2, -0.15) is 0 Å². The van der Waals surface area contributed by atoms with Crippen molar-refractivity contribution in [2.45, 2.75) is 0 Å². The Morgan fingerprint density at radius 3 is 3.10 bits per heavy atom. The first-order chi connectivity index (χ1) is 4.95. The van der Waals surface area contributed by atoms with Crippen LogP contribution < -0.4 is 0 Å². The maximum Gasteiger partial charge on any atom is 0.154 e. The third-order valence-electron chi connectivity index (χ3n) is 1.80. The summed E-state index contributed by atoms with van der Waals surface area (Å²) in [6.45, 7) is 0. The van der Waals surface area contributed by atoms with E-state index in [1.807, 2.05) is 35.2 Å². The fraction of sp³-hybridized carbons (Fsp3) is 0. The minimum Gasteiger partial charge on any atom is -0.262 e. The third kappa shape index (κ3) is 0.301. The molecule has 3 aromatic rings. The average Bonchev–Trinajstić information content (AvgIpc) is 2.56. The van der Waals surface area contributed by atoms with Crippen molar-refractivity contribution in [3.63, 3.8) is 0 Å². The maximum absolute atomic E-state index is 4.18. The second-order valence-corrected chi connectivity index (χ2v) is 2.36. The van der Waals surface area contributed by atoms with Crippen LogP contribution in [0.4, 0.5) is 0 Å². The summed E-state index contributed by atoms with van der Waals surface area (Å²) < 4.78 is 4.07. The van der Waals surface area contributed by atoms with Gasteiger partial charge in [-0.05, 0) is 6.07 Å². The highest BCUT2D eigenvalue weighted by molar-refractivity contribution is 5.55. The van der Waals surface area contributed by atoms with E-state index in [9.17, 15) is 0 Å². The van der Waals surface area contributed by atoms with Gasteiger partial charge in [0.15, 0.2) is 5.65 Å². The van der Waals surface area contributed by atoms with E-state index in [1.54, 1.807) is 0 Å². The van der Waals surface area contributed by atoms with Crippen LogP contribution >= 0.6 is 0 Å². The second-order valence-electron chi connectivity index (χ2n) is 2.36. The quantitative estimate of drug-likeness (QED) is 0.446. The highest BCUT2D eigenvalue weighted by atomic mass is 15.3. The van der Waals surface area contributed by atoms with Crippen molar-refractivity contribution >= 4 is 11.2 Å². The van der Waals surface area contributed by atoms with Crippen molar-refractivity contribution in [2.75, 3.05) is 0 Å². The summed E-state index contributed by atoms with van der Waals surface area (Å²) in [5, 5.41) is 0. The van der Waals surface area contributed by atoms with Crippen LogP contribution in [-0.4, -0.2) is 14.0 Å². The van der Waals surface area contributed by atoms with Crippen LogP contribution in [0.1, 0.15) is 0 Å². The van der Waals surface area contributed by atoms with E-state index in [0.717, 1.165) is 11.2 Å². The molecule has 3 heteroatoms. The van der Waals surface area contributed by atoms with Gasteiger partial charge in [0.1, 0.15) is 0 Å². The molecule has 0 saturated carbocycles. The Morgan fingerprint density at radius 2 is 2.10 bits per heavy atom. The highest BCUT2D eigenvalue weighted by Crippen LogP contribution is 2.09. The molecular weight excluding hydrogens is 126 g/mol. The molecule has 0 unspecified atom stereocenters. The van der Waals surface area contributed by atoms with E-state index in [1.165, 1.54) is 0 Å². The molecule has 0 aliphatic heterocycles. The molecule has 3 rings (SSSR count). The maximum atomic E-state index is 4.18. The number of hydrogen-bond donors (Lipinski definition) is 0. The van der Waals surface area contributed by atoms with Crippen LogP contribution in [0, 0.1) is 0 Å². The van der Waals surface area contributed by atoms with Gasteiger partial charge in [-0.15, -0.1) is 0 Å². The van der Waals surface area contributed by atoms with E-state index in [-0.39, 0.29) is 0 Å².